The third-order valence-corrected chi connectivity index (χ3v) is 6.60. The van der Waals surface area contributed by atoms with E-state index in [1.807, 2.05) is 64.4 Å². The first-order chi connectivity index (χ1) is 14.6. The molecule has 6 heteroatoms. The highest BCUT2D eigenvalue weighted by Crippen LogP contribution is 2.22. The average Bonchev–Trinajstić information content (AvgIpc) is 2.78. The van der Waals surface area contributed by atoms with Crippen molar-refractivity contribution in [1.82, 2.24) is 9.80 Å². The van der Waals surface area contributed by atoms with E-state index in [0.717, 1.165) is 47.7 Å². The molecule has 0 aromatic heterocycles. The number of rotatable bonds is 8. The summed E-state index contributed by atoms with van der Waals surface area (Å²) in [6, 6.07) is 17.4. The Bertz CT molecular complexity index is 838. The number of likely N-dealkylation sites (tertiary alicyclic amines) is 1. The molecule has 0 N–H and O–H groups in total. The van der Waals surface area contributed by atoms with Crippen molar-refractivity contribution in [1.29, 1.82) is 0 Å². The molecule has 0 bridgehead atoms. The van der Waals surface area contributed by atoms with Crippen LogP contribution in [0.5, 0.6) is 0 Å². The molecule has 160 valence electrons. The highest BCUT2D eigenvalue weighted by Gasteiger charge is 2.29. The van der Waals surface area contributed by atoms with E-state index >= 15 is 0 Å². The van der Waals surface area contributed by atoms with Crippen LogP contribution in [0, 0.1) is 0 Å². The summed E-state index contributed by atoms with van der Waals surface area (Å²) < 4.78 is 0. The van der Waals surface area contributed by atoms with E-state index < -0.39 is 0 Å². The third-order valence-electron chi connectivity index (χ3n) is 5.38. The molecular weight excluding hydrogens is 416 g/mol. The number of amides is 2. The molecule has 0 radical (unpaired) electrons. The summed E-state index contributed by atoms with van der Waals surface area (Å²) in [5.74, 6) is 1.52. The molecule has 1 saturated heterocycles. The highest BCUT2D eigenvalue weighted by atomic mass is 35.5. The zero-order valence-electron chi connectivity index (χ0n) is 17.4. The first-order valence-corrected chi connectivity index (χ1v) is 12.1. The van der Waals surface area contributed by atoms with Gasteiger partial charge in [-0.25, -0.2) is 0 Å². The van der Waals surface area contributed by atoms with E-state index in [4.69, 9.17) is 11.6 Å². The maximum Gasteiger partial charge on any atom is 0.253 e. The molecular formula is C24H29ClN2O2S. The van der Waals surface area contributed by atoms with E-state index in [1.54, 1.807) is 11.8 Å². The standard InChI is InChI=1S/C24H29ClN2O2S/c1-2-13-27(23(28)18-30-17-19-7-6-10-21(25)16-19)22-11-14-26(15-12-22)24(29)20-8-4-3-5-9-20/h3-10,16,22H,2,11-15,17-18H2,1H3. The molecule has 2 amide bonds. The Labute approximate surface area is 188 Å². The highest BCUT2D eigenvalue weighted by molar-refractivity contribution is 7.99. The molecule has 3 rings (SSSR count). The Morgan fingerprint density at radius 2 is 1.83 bits per heavy atom. The van der Waals surface area contributed by atoms with Crippen LogP contribution in [0.1, 0.15) is 42.1 Å². The number of hydrogen-bond acceptors (Lipinski definition) is 3. The molecule has 0 unspecified atom stereocenters. The molecule has 0 aliphatic carbocycles. The number of benzene rings is 2. The van der Waals surface area contributed by atoms with Crippen LogP contribution in [0.2, 0.25) is 5.02 Å². The van der Waals surface area contributed by atoms with Crippen LogP contribution in [0.4, 0.5) is 0 Å². The van der Waals surface area contributed by atoms with Gasteiger partial charge in [0.05, 0.1) is 5.75 Å². The minimum absolute atomic E-state index is 0.0829. The lowest BCUT2D eigenvalue weighted by atomic mass is 10.0. The number of carbonyl (C=O) groups excluding carboxylic acids is 2. The SMILES string of the molecule is CCCN(C(=O)CSCc1cccc(Cl)c1)C1CCN(C(=O)c2ccccc2)CC1. The van der Waals surface area contributed by atoms with Gasteiger partial charge in [0.1, 0.15) is 0 Å². The van der Waals surface area contributed by atoms with Crippen LogP contribution in [0.25, 0.3) is 0 Å². The van der Waals surface area contributed by atoms with Gasteiger partial charge in [-0.2, -0.15) is 0 Å². The molecule has 1 aliphatic rings. The lowest BCUT2D eigenvalue weighted by Crippen LogP contribution is -2.49. The molecule has 1 aliphatic heterocycles. The molecule has 30 heavy (non-hydrogen) atoms. The largest absolute Gasteiger partial charge is 0.339 e. The molecule has 0 spiro atoms. The number of thioether (sulfide) groups is 1. The van der Waals surface area contributed by atoms with Crippen LogP contribution in [0.15, 0.2) is 54.6 Å². The van der Waals surface area contributed by atoms with Crippen molar-refractivity contribution < 1.29 is 9.59 Å². The third kappa shape index (κ3) is 6.26. The number of halogens is 1. The lowest BCUT2D eigenvalue weighted by molar-refractivity contribution is -0.131. The fourth-order valence-corrected chi connectivity index (χ4v) is 4.93. The van der Waals surface area contributed by atoms with Gasteiger partial charge >= 0.3 is 0 Å². The lowest BCUT2D eigenvalue weighted by Gasteiger charge is -2.38. The average molecular weight is 445 g/mol. The first kappa shape index (κ1) is 22.7. The molecule has 2 aromatic rings. The van der Waals surface area contributed by atoms with Crippen molar-refractivity contribution in [3.8, 4) is 0 Å². The Balaban J connectivity index is 1.50. The molecule has 0 saturated carbocycles. The van der Waals surface area contributed by atoms with Gasteiger partial charge in [-0.15, -0.1) is 11.8 Å². The minimum atomic E-state index is 0.0829. The van der Waals surface area contributed by atoms with Crippen molar-refractivity contribution >= 4 is 35.2 Å². The molecule has 2 aromatic carbocycles. The van der Waals surface area contributed by atoms with Crippen molar-refractivity contribution in [2.45, 2.75) is 38.0 Å². The van der Waals surface area contributed by atoms with E-state index in [-0.39, 0.29) is 17.9 Å². The summed E-state index contributed by atoms with van der Waals surface area (Å²) in [4.78, 5) is 29.5. The van der Waals surface area contributed by atoms with E-state index in [0.29, 0.717) is 18.8 Å². The van der Waals surface area contributed by atoms with E-state index in [2.05, 4.69) is 6.92 Å². The zero-order chi connectivity index (χ0) is 21.3. The smallest absolute Gasteiger partial charge is 0.253 e. The Morgan fingerprint density at radius 1 is 1.10 bits per heavy atom. The fraction of sp³-hybridized carbons (Fsp3) is 0.417. The summed E-state index contributed by atoms with van der Waals surface area (Å²) in [5, 5.41) is 0.726. The quantitative estimate of drug-likeness (QED) is 0.567. The molecule has 1 heterocycles. The summed E-state index contributed by atoms with van der Waals surface area (Å²) in [5.41, 5.74) is 1.87. The first-order valence-electron chi connectivity index (χ1n) is 10.5. The van der Waals surface area contributed by atoms with Crippen molar-refractivity contribution in [2.24, 2.45) is 0 Å². The molecule has 4 nitrogen and oxygen atoms in total. The van der Waals surface area contributed by atoms with Crippen molar-refractivity contribution in [3.63, 3.8) is 0 Å². The zero-order valence-corrected chi connectivity index (χ0v) is 19.0. The maximum atomic E-state index is 12.9. The molecule has 1 fully saturated rings. The summed E-state index contributed by atoms with van der Waals surface area (Å²) in [7, 11) is 0. The normalized spacial score (nSPS) is 14.5. The van der Waals surface area contributed by atoms with Crippen LogP contribution < -0.4 is 0 Å². The maximum absolute atomic E-state index is 12.9. The van der Waals surface area contributed by atoms with Gasteiger partial charge in [0.15, 0.2) is 0 Å². The van der Waals surface area contributed by atoms with Crippen LogP contribution >= 0.6 is 23.4 Å². The number of nitrogens with zero attached hydrogens (tertiary/aromatic N) is 2. The fourth-order valence-electron chi connectivity index (χ4n) is 3.86. The van der Waals surface area contributed by atoms with Gasteiger partial charge in [-0.1, -0.05) is 48.9 Å². The Morgan fingerprint density at radius 3 is 2.50 bits per heavy atom. The van der Waals surface area contributed by atoms with Gasteiger partial charge in [-0.3, -0.25) is 9.59 Å². The number of hydrogen-bond donors (Lipinski definition) is 0. The van der Waals surface area contributed by atoms with E-state index in [9.17, 15) is 9.59 Å². The topological polar surface area (TPSA) is 40.6 Å². The van der Waals surface area contributed by atoms with E-state index in [1.165, 1.54) is 0 Å². The summed E-state index contributed by atoms with van der Waals surface area (Å²) in [6.07, 6.45) is 2.61. The van der Waals surface area contributed by atoms with Crippen LogP contribution in [-0.2, 0) is 10.5 Å². The van der Waals surface area contributed by atoms with Gasteiger partial charge in [-0.05, 0) is 49.1 Å². The van der Waals surface area contributed by atoms with Crippen LogP contribution in [0.3, 0.4) is 0 Å². The predicted octanol–water partition coefficient (Wildman–Crippen LogP) is 5.12. The molecule has 0 atom stereocenters. The van der Waals surface area contributed by atoms with Gasteiger partial charge < -0.3 is 9.80 Å². The minimum Gasteiger partial charge on any atom is -0.339 e. The van der Waals surface area contributed by atoms with Gasteiger partial charge in [0.2, 0.25) is 5.91 Å². The summed E-state index contributed by atoms with van der Waals surface area (Å²) in [6.45, 7) is 4.27. The van der Waals surface area contributed by atoms with Crippen LogP contribution in [-0.4, -0.2) is 53.0 Å². The number of carbonyl (C=O) groups is 2. The van der Waals surface area contributed by atoms with Crippen molar-refractivity contribution in [3.05, 3.63) is 70.7 Å². The second-order valence-electron chi connectivity index (χ2n) is 7.60. The van der Waals surface area contributed by atoms with Gasteiger partial charge in [0, 0.05) is 42.0 Å². The Hall–Kier alpha value is -1.98. The Kier molecular flexibility index (Phi) is 8.64. The number of piperidine rings is 1. The predicted molar refractivity (Wildman–Crippen MR) is 125 cm³/mol. The second-order valence-corrected chi connectivity index (χ2v) is 9.02. The van der Waals surface area contributed by atoms with Gasteiger partial charge in [0.25, 0.3) is 5.91 Å². The monoisotopic (exact) mass is 444 g/mol. The summed E-state index contributed by atoms with van der Waals surface area (Å²) >= 11 is 7.67. The second kappa shape index (κ2) is 11.4. The van der Waals surface area contributed by atoms with Crippen molar-refractivity contribution in [2.75, 3.05) is 25.4 Å².